The predicted molar refractivity (Wildman–Crippen MR) is 135 cm³/mol. The van der Waals surface area contributed by atoms with Gasteiger partial charge in [0.15, 0.2) is 11.5 Å². The number of ether oxygens (including phenoxy) is 3. The Morgan fingerprint density at radius 1 is 0.971 bits per heavy atom. The second-order valence-corrected chi connectivity index (χ2v) is 8.31. The van der Waals surface area contributed by atoms with Gasteiger partial charge >= 0.3 is 5.97 Å². The van der Waals surface area contributed by atoms with Crippen LogP contribution in [-0.4, -0.2) is 25.6 Å². The highest BCUT2D eigenvalue weighted by atomic mass is 16.6. The molecule has 0 fully saturated rings. The summed E-state index contributed by atoms with van der Waals surface area (Å²) in [5.74, 6) is 0.775. The third-order valence-electron chi connectivity index (χ3n) is 6.19. The molecule has 0 saturated carbocycles. The van der Waals surface area contributed by atoms with Crippen LogP contribution in [0.4, 0.5) is 5.69 Å². The first-order valence-corrected chi connectivity index (χ1v) is 11.5. The molecule has 35 heavy (non-hydrogen) atoms. The highest BCUT2D eigenvalue weighted by molar-refractivity contribution is 6.06. The van der Waals surface area contributed by atoms with Crippen LogP contribution >= 0.6 is 0 Å². The Hall–Kier alpha value is -4.32. The molecule has 4 aromatic carbocycles. The van der Waals surface area contributed by atoms with Crippen molar-refractivity contribution in [3.8, 4) is 17.2 Å². The molecule has 0 aromatic heterocycles. The van der Waals surface area contributed by atoms with Gasteiger partial charge in [0.05, 0.1) is 25.0 Å². The van der Waals surface area contributed by atoms with E-state index in [0.29, 0.717) is 35.8 Å². The summed E-state index contributed by atoms with van der Waals surface area (Å²) in [5, 5.41) is 5.14. The molecule has 0 saturated heterocycles. The van der Waals surface area contributed by atoms with E-state index >= 15 is 0 Å². The van der Waals surface area contributed by atoms with E-state index in [1.54, 1.807) is 37.4 Å². The lowest BCUT2D eigenvalue weighted by Gasteiger charge is -2.27. The minimum absolute atomic E-state index is 0.0353. The van der Waals surface area contributed by atoms with Crippen LogP contribution in [0.5, 0.6) is 17.2 Å². The maximum Gasteiger partial charge on any atom is 0.343 e. The maximum absolute atomic E-state index is 12.7. The van der Waals surface area contributed by atoms with Gasteiger partial charge in [-0.3, -0.25) is 4.79 Å². The van der Waals surface area contributed by atoms with E-state index in [0.717, 1.165) is 27.6 Å². The molecule has 1 amide bonds. The molecule has 176 valence electrons. The number of nitrogens with one attached hydrogen (secondary N) is 1. The van der Waals surface area contributed by atoms with Gasteiger partial charge in [-0.05, 0) is 59.8 Å². The molecule has 1 N–H and O–H groups in total. The second-order valence-electron chi connectivity index (χ2n) is 8.31. The fourth-order valence-corrected chi connectivity index (χ4v) is 4.48. The van der Waals surface area contributed by atoms with Gasteiger partial charge in [-0.25, -0.2) is 4.79 Å². The number of methoxy groups -OCH3 is 1. The zero-order chi connectivity index (χ0) is 24.4. The second kappa shape index (κ2) is 9.50. The molecule has 0 radical (unpaired) electrons. The van der Waals surface area contributed by atoms with Gasteiger partial charge in [-0.15, -0.1) is 0 Å². The first kappa shape index (κ1) is 22.5. The SMILES string of the molecule is CCOc1cc([C@H]2CC(=O)Nc3c2ccc2ccccc32)ccc1OC(=O)c1ccc(OC)cc1. The number of hydrogen-bond donors (Lipinski definition) is 1. The molecule has 1 aliphatic rings. The molecule has 0 bridgehead atoms. The number of carbonyl (C=O) groups excluding carboxylic acids is 2. The summed E-state index contributed by atoms with van der Waals surface area (Å²) in [6, 6.07) is 24.3. The Bertz CT molecular complexity index is 1410. The summed E-state index contributed by atoms with van der Waals surface area (Å²) in [6.45, 7) is 2.28. The number of benzene rings is 4. The normalized spacial score (nSPS) is 14.7. The lowest BCUT2D eigenvalue weighted by atomic mass is 9.83. The van der Waals surface area contributed by atoms with Gasteiger partial charge in [0.2, 0.25) is 5.91 Å². The number of amides is 1. The van der Waals surface area contributed by atoms with E-state index in [2.05, 4.69) is 17.4 Å². The van der Waals surface area contributed by atoms with Crippen molar-refractivity contribution in [2.75, 3.05) is 19.0 Å². The molecular weight excluding hydrogens is 442 g/mol. The molecule has 0 unspecified atom stereocenters. The van der Waals surface area contributed by atoms with E-state index in [1.165, 1.54) is 0 Å². The Morgan fingerprint density at radius 2 is 1.77 bits per heavy atom. The average Bonchev–Trinajstić information content (AvgIpc) is 2.89. The smallest absolute Gasteiger partial charge is 0.343 e. The number of rotatable bonds is 6. The van der Waals surface area contributed by atoms with Gasteiger partial charge in [-0.1, -0.05) is 42.5 Å². The maximum atomic E-state index is 12.7. The minimum atomic E-state index is -0.491. The van der Waals surface area contributed by atoms with Gasteiger partial charge in [0.25, 0.3) is 0 Å². The van der Waals surface area contributed by atoms with Crippen molar-refractivity contribution in [3.63, 3.8) is 0 Å². The first-order valence-electron chi connectivity index (χ1n) is 11.5. The quantitative estimate of drug-likeness (QED) is 0.281. The first-order chi connectivity index (χ1) is 17.1. The summed E-state index contributed by atoms with van der Waals surface area (Å²) < 4.78 is 16.6. The van der Waals surface area contributed by atoms with E-state index in [-0.39, 0.29) is 11.8 Å². The zero-order valence-electron chi connectivity index (χ0n) is 19.5. The number of esters is 1. The van der Waals surface area contributed by atoms with Crippen LogP contribution in [0.2, 0.25) is 0 Å². The van der Waals surface area contributed by atoms with Crippen molar-refractivity contribution in [3.05, 3.63) is 95.6 Å². The van der Waals surface area contributed by atoms with Crippen LogP contribution in [0.15, 0.2) is 78.9 Å². The van der Waals surface area contributed by atoms with Gasteiger partial charge in [0, 0.05) is 17.7 Å². The van der Waals surface area contributed by atoms with Crippen LogP contribution in [0.3, 0.4) is 0 Å². The Morgan fingerprint density at radius 3 is 2.54 bits per heavy atom. The molecular formula is C29H25NO5. The van der Waals surface area contributed by atoms with Gasteiger partial charge in [0.1, 0.15) is 5.75 Å². The third kappa shape index (κ3) is 4.43. The third-order valence-corrected chi connectivity index (χ3v) is 6.19. The van der Waals surface area contributed by atoms with Crippen molar-refractivity contribution < 1.29 is 23.8 Å². The van der Waals surface area contributed by atoms with E-state index in [1.807, 2.05) is 43.3 Å². The number of carbonyl (C=O) groups is 2. The van der Waals surface area contributed by atoms with Crippen LogP contribution < -0.4 is 19.5 Å². The monoisotopic (exact) mass is 467 g/mol. The van der Waals surface area contributed by atoms with Crippen LogP contribution in [0.25, 0.3) is 10.8 Å². The summed E-state index contributed by atoms with van der Waals surface area (Å²) in [7, 11) is 1.57. The molecule has 0 spiro atoms. The van der Waals surface area contributed by atoms with E-state index in [9.17, 15) is 9.59 Å². The summed E-state index contributed by atoms with van der Waals surface area (Å²) >= 11 is 0. The lowest BCUT2D eigenvalue weighted by molar-refractivity contribution is -0.116. The number of fused-ring (bicyclic) bond motifs is 3. The predicted octanol–water partition coefficient (Wildman–Crippen LogP) is 5.94. The van der Waals surface area contributed by atoms with Gasteiger partial charge in [-0.2, -0.15) is 0 Å². The summed E-state index contributed by atoms with van der Waals surface area (Å²) in [4.78, 5) is 25.4. The van der Waals surface area contributed by atoms with Crippen LogP contribution in [-0.2, 0) is 4.79 Å². The fourth-order valence-electron chi connectivity index (χ4n) is 4.48. The Balaban J connectivity index is 1.48. The Labute approximate surface area is 203 Å². The molecule has 1 aliphatic heterocycles. The topological polar surface area (TPSA) is 73.9 Å². The lowest BCUT2D eigenvalue weighted by Crippen LogP contribution is -2.23. The zero-order valence-corrected chi connectivity index (χ0v) is 19.5. The molecule has 1 atom stereocenters. The molecule has 6 heteroatoms. The molecule has 4 aromatic rings. The summed E-state index contributed by atoms with van der Waals surface area (Å²) in [5.41, 5.74) is 3.22. The molecule has 5 rings (SSSR count). The highest BCUT2D eigenvalue weighted by Gasteiger charge is 2.28. The number of hydrogen-bond acceptors (Lipinski definition) is 5. The van der Waals surface area contributed by atoms with Crippen molar-refractivity contribution >= 4 is 28.3 Å². The average molecular weight is 468 g/mol. The highest BCUT2D eigenvalue weighted by Crippen LogP contribution is 2.43. The largest absolute Gasteiger partial charge is 0.497 e. The number of anilines is 1. The van der Waals surface area contributed by atoms with E-state index in [4.69, 9.17) is 14.2 Å². The standard InChI is InChI=1S/C29H25NO5/c1-3-34-26-16-20(11-15-25(26)35-29(32)19-8-12-21(33-2)13-9-19)24-17-27(31)30-28-22-7-5-4-6-18(22)10-14-23(24)28/h4-16,24H,3,17H2,1-2H3,(H,30,31)/t24-/m1/s1. The molecule has 0 aliphatic carbocycles. The van der Waals surface area contributed by atoms with Crippen LogP contribution in [0, 0.1) is 0 Å². The van der Waals surface area contributed by atoms with E-state index < -0.39 is 5.97 Å². The van der Waals surface area contributed by atoms with Crippen molar-refractivity contribution in [2.45, 2.75) is 19.3 Å². The minimum Gasteiger partial charge on any atom is -0.497 e. The van der Waals surface area contributed by atoms with Crippen LogP contribution in [0.1, 0.15) is 40.7 Å². The summed E-state index contributed by atoms with van der Waals surface area (Å²) in [6.07, 6.45) is 0.321. The molecule has 6 nitrogen and oxygen atoms in total. The molecule has 1 heterocycles. The van der Waals surface area contributed by atoms with Crippen molar-refractivity contribution in [2.24, 2.45) is 0 Å². The van der Waals surface area contributed by atoms with Crippen molar-refractivity contribution in [1.29, 1.82) is 0 Å². The Kier molecular flexibility index (Phi) is 6.10. The fraction of sp³-hybridized carbons (Fsp3) is 0.172. The van der Waals surface area contributed by atoms with Crippen molar-refractivity contribution in [1.82, 2.24) is 0 Å². The van der Waals surface area contributed by atoms with Gasteiger partial charge < -0.3 is 19.5 Å².